The SMILES string of the molecule is O=Cc1cc([N+](=O)[O-])ccc1OCC1CNC(=O)O1. The number of nitrogens with zero attached hydrogens (tertiary/aromatic N) is 1. The average Bonchev–Trinajstić information content (AvgIpc) is 2.81. The third-order valence-corrected chi connectivity index (χ3v) is 2.50. The number of benzene rings is 1. The van der Waals surface area contributed by atoms with Crippen LogP contribution in [0, 0.1) is 10.1 Å². The molecule has 100 valence electrons. The molecule has 1 aromatic carbocycles. The first-order chi connectivity index (χ1) is 9.10. The maximum Gasteiger partial charge on any atom is 0.407 e. The van der Waals surface area contributed by atoms with Gasteiger partial charge in [-0.15, -0.1) is 0 Å². The Balaban J connectivity index is 2.05. The Morgan fingerprint density at radius 3 is 2.95 bits per heavy atom. The first-order valence-electron chi connectivity index (χ1n) is 5.41. The van der Waals surface area contributed by atoms with Gasteiger partial charge in [0, 0.05) is 12.1 Å². The summed E-state index contributed by atoms with van der Waals surface area (Å²) in [5.74, 6) is 0.212. The fourth-order valence-electron chi connectivity index (χ4n) is 1.58. The summed E-state index contributed by atoms with van der Waals surface area (Å²) in [6.45, 7) is 0.389. The molecule has 1 aromatic rings. The quantitative estimate of drug-likeness (QED) is 0.481. The van der Waals surface area contributed by atoms with Crippen molar-refractivity contribution in [3.05, 3.63) is 33.9 Å². The second kappa shape index (κ2) is 5.34. The molecule has 8 heteroatoms. The largest absolute Gasteiger partial charge is 0.489 e. The summed E-state index contributed by atoms with van der Waals surface area (Å²) in [4.78, 5) is 31.6. The number of non-ortho nitro benzene ring substituents is 1. The highest BCUT2D eigenvalue weighted by atomic mass is 16.6. The monoisotopic (exact) mass is 266 g/mol. The van der Waals surface area contributed by atoms with Gasteiger partial charge < -0.3 is 14.8 Å². The van der Waals surface area contributed by atoms with Crippen molar-refractivity contribution in [3.63, 3.8) is 0 Å². The third-order valence-electron chi connectivity index (χ3n) is 2.50. The number of nitrogens with one attached hydrogen (secondary N) is 1. The van der Waals surface area contributed by atoms with Crippen LogP contribution in [0.3, 0.4) is 0 Å². The van der Waals surface area contributed by atoms with Crippen molar-refractivity contribution < 1.29 is 24.0 Å². The Labute approximate surface area is 107 Å². The number of alkyl carbamates (subject to hydrolysis) is 1. The van der Waals surface area contributed by atoms with Gasteiger partial charge in [0.25, 0.3) is 5.69 Å². The molecule has 1 atom stereocenters. The Bertz CT molecular complexity index is 530. The van der Waals surface area contributed by atoms with Crippen molar-refractivity contribution in [1.29, 1.82) is 0 Å². The Morgan fingerprint density at radius 2 is 2.37 bits per heavy atom. The smallest absolute Gasteiger partial charge is 0.407 e. The lowest BCUT2D eigenvalue weighted by Crippen LogP contribution is -2.22. The van der Waals surface area contributed by atoms with Crippen molar-refractivity contribution in [2.75, 3.05) is 13.2 Å². The molecule has 1 heterocycles. The number of ether oxygens (including phenoxy) is 2. The highest BCUT2D eigenvalue weighted by Crippen LogP contribution is 2.23. The standard InChI is InChI=1S/C11H10N2O6/c14-5-7-3-8(13(16)17)1-2-10(7)18-6-9-4-12-11(15)19-9/h1-3,5,9H,4,6H2,(H,12,15). The maximum atomic E-state index is 10.8. The van der Waals surface area contributed by atoms with Gasteiger partial charge in [-0.25, -0.2) is 4.79 Å². The van der Waals surface area contributed by atoms with E-state index in [-0.39, 0.29) is 23.6 Å². The normalized spacial score (nSPS) is 17.5. The molecule has 0 aromatic heterocycles. The lowest BCUT2D eigenvalue weighted by molar-refractivity contribution is -0.384. The minimum Gasteiger partial charge on any atom is -0.489 e. The number of carbonyl (C=O) groups is 2. The molecule has 0 spiro atoms. The second-order valence-corrected chi connectivity index (χ2v) is 3.82. The van der Waals surface area contributed by atoms with E-state index in [1.54, 1.807) is 0 Å². The van der Waals surface area contributed by atoms with E-state index in [4.69, 9.17) is 9.47 Å². The fraction of sp³-hybridized carbons (Fsp3) is 0.273. The second-order valence-electron chi connectivity index (χ2n) is 3.82. The van der Waals surface area contributed by atoms with Crippen LogP contribution in [-0.4, -0.2) is 36.6 Å². The summed E-state index contributed by atoms with van der Waals surface area (Å²) in [5, 5.41) is 13.0. The predicted molar refractivity (Wildman–Crippen MR) is 62.3 cm³/mol. The summed E-state index contributed by atoms with van der Waals surface area (Å²) in [6.07, 6.45) is -0.489. The molecule has 0 aliphatic carbocycles. The van der Waals surface area contributed by atoms with E-state index in [0.29, 0.717) is 12.8 Å². The van der Waals surface area contributed by atoms with Crippen molar-refractivity contribution in [1.82, 2.24) is 5.32 Å². The van der Waals surface area contributed by atoms with Crippen molar-refractivity contribution in [2.24, 2.45) is 0 Å². The molecule has 0 bridgehead atoms. The first-order valence-corrected chi connectivity index (χ1v) is 5.41. The summed E-state index contributed by atoms with van der Waals surface area (Å²) < 4.78 is 10.2. The molecule has 1 fully saturated rings. The fourth-order valence-corrected chi connectivity index (χ4v) is 1.58. The van der Waals surface area contributed by atoms with Crippen LogP contribution >= 0.6 is 0 Å². The Hall–Kier alpha value is -2.64. The van der Waals surface area contributed by atoms with Gasteiger partial charge in [-0.1, -0.05) is 0 Å². The van der Waals surface area contributed by atoms with Gasteiger partial charge >= 0.3 is 6.09 Å². The molecule has 1 saturated heterocycles. The summed E-state index contributed by atoms with van der Waals surface area (Å²) in [7, 11) is 0. The number of nitro benzene ring substituents is 1. The molecule has 19 heavy (non-hydrogen) atoms. The topological polar surface area (TPSA) is 108 Å². The van der Waals surface area contributed by atoms with Gasteiger partial charge in [-0.2, -0.15) is 0 Å². The van der Waals surface area contributed by atoms with E-state index in [1.807, 2.05) is 0 Å². The van der Waals surface area contributed by atoms with Crippen molar-refractivity contribution in [2.45, 2.75) is 6.10 Å². The van der Waals surface area contributed by atoms with E-state index >= 15 is 0 Å². The first kappa shape index (κ1) is 12.8. The number of aldehydes is 1. The number of nitro groups is 1. The van der Waals surface area contributed by atoms with E-state index in [2.05, 4.69) is 5.32 Å². The maximum absolute atomic E-state index is 10.8. The van der Waals surface area contributed by atoms with Gasteiger partial charge in [-0.05, 0) is 6.07 Å². The number of amides is 1. The van der Waals surface area contributed by atoms with E-state index < -0.39 is 17.1 Å². The number of rotatable bonds is 5. The molecule has 1 aliphatic rings. The third kappa shape index (κ3) is 2.97. The number of carbonyl (C=O) groups excluding carboxylic acids is 2. The van der Waals surface area contributed by atoms with Crippen LogP contribution in [0.5, 0.6) is 5.75 Å². The summed E-state index contributed by atoms with van der Waals surface area (Å²) in [6, 6.07) is 3.70. The number of hydrogen-bond acceptors (Lipinski definition) is 6. The van der Waals surface area contributed by atoms with Crippen molar-refractivity contribution >= 4 is 18.1 Å². The highest BCUT2D eigenvalue weighted by Gasteiger charge is 2.23. The summed E-state index contributed by atoms with van der Waals surface area (Å²) in [5.41, 5.74) is -0.116. The molecule has 1 unspecified atom stereocenters. The molecular formula is C11H10N2O6. The zero-order chi connectivity index (χ0) is 13.8. The molecule has 0 saturated carbocycles. The molecule has 1 aliphatic heterocycles. The molecule has 1 amide bonds. The molecule has 2 rings (SSSR count). The summed E-state index contributed by atoms with van der Waals surface area (Å²) >= 11 is 0. The minimum absolute atomic E-state index is 0.0669. The number of hydrogen-bond donors (Lipinski definition) is 1. The van der Waals surface area contributed by atoms with Gasteiger partial charge in [-0.3, -0.25) is 14.9 Å². The van der Waals surface area contributed by atoms with Crippen molar-refractivity contribution in [3.8, 4) is 5.75 Å². The zero-order valence-corrected chi connectivity index (χ0v) is 9.70. The molecular weight excluding hydrogens is 256 g/mol. The van der Waals surface area contributed by atoms with Gasteiger partial charge in [0.1, 0.15) is 12.4 Å². The van der Waals surface area contributed by atoms with Crippen LogP contribution in [0.2, 0.25) is 0 Å². The average molecular weight is 266 g/mol. The van der Waals surface area contributed by atoms with Gasteiger partial charge in [0.15, 0.2) is 12.4 Å². The van der Waals surface area contributed by atoms with Crippen LogP contribution in [0.1, 0.15) is 10.4 Å². The van der Waals surface area contributed by atoms with Crippen LogP contribution in [-0.2, 0) is 4.74 Å². The molecule has 8 nitrogen and oxygen atoms in total. The lowest BCUT2D eigenvalue weighted by Gasteiger charge is -2.11. The number of cyclic esters (lactones) is 1. The van der Waals surface area contributed by atoms with Gasteiger partial charge in [0.05, 0.1) is 17.0 Å². The van der Waals surface area contributed by atoms with Crippen LogP contribution in [0.15, 0.2) is 18.2 Å². The molecule has 1 N–H and O–H groups in total. The highest BCUT2D eigenvalue weighted by molar-refractivity contribution is 5.80. The zero-order valence-electron chi connectivity index (χ0n) is 9.70. The van der Waals surface area contributed by atoms with E-state index in [1.165, 1.54) is 12.1 Å². The van der Waals surface area contributed by atoms with Crippen LogP contribution in [0.4, 0.5) is 10.5 Å². The van der Waals surface area contributed by atoms with Gasteiger partial charge in [0.2, 0.25) is 0 Å². The Kier molecular flexibility index (Phi) is 3.60. The predicted octanol–water partition coefficient (Wildman–Crippen LogP) is 0.894. The minimum atomic E-state index is -0.598. The molecule has 0 radical (unpaired) electrons. The van der Waals surface area contributed by atoms with E-state index in [0.717, 1.165) is 6.07 Å². The van der Waals surface area contributed by atoms with Crippen LogP contribution < -0.4 is 10.1 Å². The lowest BCUT2D eigenvalue weighted by atomic mass is 10.2. The Morgan fingerprint density at radius 1 is 1.58 bits per heavy atom. The van der Waals surface area contributed by atoms with Crippen LogP contribution in [0.25, 0.3) is 0 Å². The van der Waals surface area contributed by atoms with E-state index in [9.17, 15) is 19.7 Å².